The number of alkyl carbamates (subject to hydrolysis) is 1. The third-order valence-electron chi connectivity index (χ3n) is 17.1. The highest BCUT2D eigenvalue weighted by atomic mass is 32.2. The van der Waals surface area contributed by atoms with E-state index in [0.717, 1.165) is 0 Å². The molecule has 0 aromatic heterocycles. The first kappa shape index (κ1) is 72.8. The van der Waals surface area contributed by atoms with E-state index < -0.39 is 160 Å². The van der Waals surface area contributed by atoms with Crippen molar-refractivity contribution in [3.63, 3.8) is 0 Å². The number of methoxy groups -OCH3 is 2. The number of cyclic esters (lactones) is 1. The molecule has 0 radical (unpaired) electrons. The van der Waals surface area contributed by atoms with Crippen LogP contribution in [0.5, 0.6) is 0 Å². The van der Waals surface area contributed by atoms with Crippen LogP contribution in [0, 0.1) is 41.4 Å². The van der Waals surface area contributed by atoms with Crippen molar-refractivity contribution in [3.8, 4) is 0 Å². The van der Waals surface area contributed by atoms with Crippen molar-refractivity contribution < 1.29 is 94.8 Å². The maximum absolute atomic E-state index is 16.0. The van der Waals surface area contributed by atoms with Gasteiger partial charge >= 0.3 is 18.0 Å². The molecule has 11 unspecified atom stereocenters. The SMILES string of the molecule is CON=C1C[C@@H](C)O[C@@H](OC2C(C)CC(C)(OC(=O)NC(C)(C)CNS(=O)(=O)c3ccccc3)C(=O)C(C)C(OC(=O)CC(C)C)C(C)C(C(C)CO[C@@H]3O[C@H](C)[C@@H](O)[C@@H](OC)[C@H]3OC)OC(=O)C(C)C(O[C@H]3C[C@H](C)N(C)C[C@H](C)O3)C2C)[C@@H]1O. The molecular formula is C61H102N4O20S. The maximum atomic E-state index is 16.0. The zero-order valence-corrected chi connectivity index (χ0v) is 54.9. The van der Waals surface area contributed by atoms with Crippen LogP contribution >= 0.6 is 0 Å². The van der Waals surface area contributed by atoms with E-state index in [2.05, 4.69) is 20.1 Å². The van der Waals surface area contributed by atoms with E-state index in [4.69, 9.17) is 56.9 Å². The van der Waals surface area contributed by atoms with Crippen molar-refractivity contribution in [3.05, 3.63) is 30.3 Å². The Morgan fingerprint density at radius 2 is 1.49 bits per heavy atom. The standard InChI is InChI=1S/C61H102N4O20S/c1-32(2)25-45(66)81-51-39(9)50(34(4)30-77-58-54(75-18)53(74-17)47(67)42(12)80-58)83-56(70)41(11)52(82-46-26-35(5)65(16)29-37(7)78-46)38(8)49(84-57-48(68)44(64-76-19)27-36(6)79-57)33(3)28-61(15,55(69)40(51)10)85-59(71)63-60(13,14)31-62-86(72,73)43-23-21-20-22-24-43/h20-24,32-42,46-54,57-58,62,67-68H,25-31H2,1-19H3,(H,63,71)/t33?,34?,35-,36+,37-,38?,39?,40?,41?,42+,46-,47+,48+,49?,50?,51?,52?,53+,54+,57-,58+,61?/m0/s1. The van der Waals surface area contributed by atoms with Crippen molar-refractivity contribution in [2.75, 3.05) is 48.1 Å². The number of esters is 2. The average molecular weight is 1240 g/mol. The monoisotopic (exact) mass is 1240 g/mol. The summed E-state index contributed by atoms with van der Waals surface area (Å²) < 4.78 is 99.8. The van der Waals surface area contributed by atoms with Crippen molar-refractivity contribution in [2.45, 2.75) is 238 Å². The molecule has 86 heavy (non-hydrogen) atoms. The topological polar surface area (TPSA) is 293 Å². The molecule has 24 nitrogen and oxygen atoms in total. The van der Waals surface area contributed by atoms with Crippen LogP contribution < -0.4 is 10.0 Å². The molecule has 4 saturated heterocycles. The summed E-state index contributed by atoms with van der Waals surface area (Å²) >= 11 is 0. The molecule has 4 fully saturated rings. The van der Waals surface area contributed by atoms with Crippen LogP contribution in [0.25, 0.3) is 0 Å². The minimum Gasteiger partial charge on any atom is -0.461 e. The van der Waals surface area contributed by atoms with Crippen molar-refractivity contribution in [2.24, 2.45) is 46.6 Å². The molecule has 0 aliphatic carbocycles. The number of oxime groups is 1. The number of sulfonamides is 1. The molecular weight excluding hydrogens is 1140 g/mol. The van der Waals surface area contributed by atoms with E-state index in [1.807, 2.05) is 41.7 Å². The number of hydrogen-bond donors (Lipinski definition) is 4. The number of likely N-dealkylation sites (N-methyl/N-ethyl adjacent to an activating group) is 1. The van der Waals surface area contributed by atoms with Gasteiger partial charge in [0.15, 0.2) is 30.3 Å². The zero-order valence-electron chi connectivity index (χ0n) is 54.1. The zero-order chi connectivity index (χ0) is 64.3. The summed E-state index contributed by atoms with van der Waals surface area (Å²) in [6.07, 6.45) is -14.7. The van der Waals surface area contributed by atoms with Crippen LogP contribution in [0.2, 0.25) is 0 Å². The molecule has 22 atom stereocenters. The number of ketones is 1. The highest BCUT2D eigenvalue weighted by Gasteiger charge is 2.53. The molecule has 1 aromatic carbocycles. The number of rotatable bonds is 20. The number of carbonyl (C=O) groups excluding carboxylic acids is 4. The molecule has 4 aliphatic heterocycles. The van der Waals surface area contributed by atoms with E-state index >= 15 is 9.59 Å². The summed E-state index contributed by atoms with van der Waals surface area (Å²) in [4.78, 5) is 67.6. The molecule has 1 aromatic rings. The Hall–Kier alpha value is -3.96. The number of carbonyl (C=O) groups is 4. The molecule has 5 rings (SSSR count). The summed E-state index contributed by atoms with van der Waals surface area (Å²) in [5, 5.41) is 29.7. The van der Waals surface area contributed by atoms with Crippen molar-refractivity contribution in [1.29, 1.82) is 0 Å². The van der Waals surface area contributed by atoms with Crippen LogP contribution in [0.15, 0.2) is 40.4 Å². The van der Waals surface area contributed by atoms with Gasteiger partial charge in [0, 0.05) is 70.4 Å². The fraction of sp³-hybridized carbons (Fsp3) is 0.820. The second-order valence-corrected chi connectivity index (χ2v) is 27.6. The smallest absolute Gasteiger partial charge is 0.408 e. The number of benzene rings is 1. The minimum absolute atomic E-state index is 0.0128. The maximum Gasteiger partial charge on any atom is 0.408 e. The van der Waals surface area contributed by atoms with Crippen molar-refractivity contribution >= 4 is 39.6 Å². The number of hydrogen-bond acceptors (Lipinski definition) is 22. The highest BCUT2D eigenvalue weighted by Crippen LogP contribution is 2.41. The summed E-state index contributed by atoms with van der Waals surface area (Å²) in [6, 6.07) is 7.71. The van der Waals surface area contributed by atoms with Gasteiger partial charge in [-0.2, -0.15) is 0 Å². The predicted molar refractivity (Wildman–Crippen MR) is 316 cm³/mol. The molecule has 4 N–H and O–H groups in total. The van der Waals surface area contributed by atoms with Gasteiger partial charge in [-0.25, -0.2) is 17.9 Å². The highest BCUT2D eigenvalue weighted by molar-refractivity contribution is 7.89. The molecule has 0 bridgehead atoms. The molecule has 0 saturated carbocycles. The number of nitrogens with zero attached hydrogens (tertiary/aromatic N) is 2. The summed E-state index contributed by atoms with van der Waals surface area (Å²) in [5.74, 6) is -8.09. The van der Waals surface area contributed by atoms with Crippen LogP contribution in [-0.4, -0.2) is 204 Å². The van der Waals surface area contributed by atoms with Gasteiger partial charge in [0.25, 0.3) is 0 Å². The fourth-order valence-corrected chi connectivity index (χ4v) is 13.5. The average Bonchev–Trinajstić information content (AvgIpc) is 1.23. The summed E-state index contributed by atoms with van der Waals surface area (Å²) in [7, 11) is 2.20. The molecule has 492 valence electrons. The Morgan fingerprint density at radius 1 is 0.837 bits per heavy atom. The molecule has 4 heterocycles. The largest absolute Gasteiger partial charge is 0.461 e. The Balaban J connectivity index is 1.71. The summed E-state index contributed by atoms with van der Waals surface area (Å²) in [5.41, 5.74) is -3.19. The number of aliphatic hydroxyl groups is 2. The lowest BCUT2D eigenvalue weighted by atomic mass is 9.74. The Labute approximate surface area is 510 Å². The molecule has 4 aliphatic rings. The quantitative estimate of drug-likeness (QED) is 0.0685. The lowest BCUT2D eigenvalue weighted by Gasteiger charge is -2.45. The van der Waals surface area contributed by atoms with E-state index in [0.29, 0.717) is 13.0 Å². The first-order valence-electron chi connectivity index (χ1n) is 30.3. The van der Waals surface area contributed by atoms with E-state index in [9.17, 15) is 28.2 Å². The lowest BCUT2D eigenvalue weighted by molar-refractivity contribution is -0.305. The van der Waals surface area contributed by atoms with Gasteiger partial charge in [-0.1, -0.05) is 71.8 Å². The number of aliphatic hydroxyl groups excluding tert-OH is 2. The first-order chi connectivity index (χ1) is 40.2. The Morgan fingerprint density at radius 3 is 2.10 bits per heavy atom. The number of ether oxygens (including phenoxy) is 11. The van der Waals surface area contributed by atoms with Gasteiger partial charge in [0.05, 0.1) is 65.1 Å². The van der Waals surface area contributed by atoms with Gasteiger partial charge in [-0.05, 0) is 92.8 Å². The Bertz CT molecular complexity index is 2490. The molecule has 1 amide bonds. The van der Waals surface area contributed by atoms with Crippen LogP contribution in [0.3, 0.4) is 0 Å². The van der Waals surface area contributed by atoms with Gasteiger partial charge in [-0.15, -0.1) is 0 Å². The lowest BCUT2D eigenvalue weighted by Crippen LogP contribution is -2.59. The van der Waals surface area contributed by atoms with Crippen LogP contribution in [-0.2, 0) is 81.3 Å². The summed E-state index contributed by atoms with van der Waals surface area (Å²) in [6.45, 7) is 26.2. The van der Waals surface area contributed by atoms with Gasteiger partial charge in [-0.3, -0.25) is 14.4 Å². The van der Waals surface area contributed by atoms with Crippen LogP contribution in [0.4, 0.5) is 4.79 Å². The van der Waals surface area contributed by atoms with Gasteiger partial charge < -0.3 is 77.4 Å². The number of nitrogens with one attached hydrogen (secondary N) is 2. The predicted octanol–water partition coefficient (Wildman–Crippen LogP) is 5.76. The number of Topliss-reactive ketones (excluding diaryl/α,β-unsaturated/α-hetero) is 1. The van der Waals surface area contributed by atoms with E-state index in [1.54, 1.807) is 80.5 Å². The number of amides is 1. The molecule has 0 spiro atoms. The third-order valence-corrected chi connectivity index (χ3v) is 18.5. The van der Waals surface area contributed by atoms with Crippen molar-refractivity contribution in [1.82, 2.24) is 14.9 Å². The minimum atomic E-state index is -4.03. The van der Waals surface area contributed by atoms with Crippen LogP contribution in [0.1, 0.15) is 130 Å². The Kier molecular flexibility index (Phi) is 26.8. The second-order valence-electron chi connectivity index (χ2n) is 25.8. The fourth-order valence-electron chi connectivity index (χ4n) is 12.3. The second kappa shape index (κ2) is 31.7. The van der Waals surface area contributed by atoms with Gasteiger partial charge in [0.2, 0.25) is 10.0 Å². The van der Waals surface area contributed by atoms with E-state index in [1.165, 1.54) is 40.4 Å². The van der Waals surface area contributed by atoms with Gasteiger partial charge in [0.1, 0.15) is 43.7 Å². The molecule has 25 heteroatoms. The van der Waals surface area contributed by atoms with E-state index in [-0.39, 0.29) is 61.1 Å². The normalized spacial score (nSPS) is 37.6. The third kappa shape index (κ3) is 19.0. The first-order valence-corrected chi connectivity index (χ1v) is 31.8.